The number of ether oxygens (including phenoxy) is 1. The summed E-state index contributed by atoms with van der Waals surface area (Å²) in [5.41, 5.74) is 2.08. The molecule has 0 aliphatic rings. The zero-order chi connectivity index (χ0) is 20.4. The Balaban J connectivity index is 2.06. The summed E-state index contributed by atoms with van der Waals surface area (Å²) in [5.74, 6) is 0.613. The van der Waals surface area contributed by atoms with Crippen molar-refractivity contribution in [1.29, 1.82) is 0 Å². The fourth-order valence-electron chi connectivity index (χ4n) is 3.00. The van der Waals surface area contributed by atoms with Gasteiger partial charge in [0.05, 0.1) is 17.7 Å². The van der Waals surface area contributed by atoms with Gasteiger partial charge in [0.15, 0.2) is 0 Å². The van der Waals surface area contributed by atoms with E-state index in [9.17, 15) is 8.42 Å². The highest BCUT2D eigenvalue weighted by molar-refractivity contribution is 7.91. The van der Waals surface area contributed by atoms with Crippen molar-refractivity contribution in [3.8, 4) is 5.75 Å². The Morgan fingerprint density at radius 2 is 1.62 bits per heavy atom. The van der Waals surface area contributed by atoms with Crippen molar-refractivity contribution in [2.24, 2.45) is 4.99 Å². The minimum atomic E-state index is -3.83. The van der Waals surface area contributed by atoms with E-state index in [2.05, 4.69) is 4.99 Å². The minimum Gasteiger partial charge on any atom is -0.497 e. The van der Waals surface area contributed by atoms with E-state index in [1.54, 1.807) is 61.7 Å². The summed E-state index contributed by atoms with van der Waals surface area (Å²) in [6.45, 7) is 1.91. The summed E-state index contributed by atoms with van der Waals surface area (Å²) in [6, 6.07) is 22.6. The molecule has 0 amide bonds. The molecule has 1 aromatic heterocycles. The van der Waals surface area contributed by atoms with E-state index in [1.807, 2.05) is 31.2 Å². The van der Waals surface area contributed by atoms with E-state index in [1.165, 1.54) is 0 Å². The van der Waals surface area contributed by atoms with Crippen LogP contribution in [0.5, 0.6) is 5.75 Å². The molecule has 3 aromatic carbocycles. The van der Waals surface area contributed by atoms with E-state index in [4.69, 9.17) is 9.15 Å². The zero-order valence-corrected chi connectivity index (χ0v) is 16.8. The molecule has 6 heteroatoms. The number of methoxy groups -OCH3 is 1. The number of benzene rings is 3. The van der Waals surface area contributed by atoms with Gasteiger partial charge in [-0.1, -0.05) is 36.4 Å². The van der Waals surface area contributed by atoms with Gasteiger partial charge in [0.1, 0.15) is 16.2 Å². The highest BCUT2D eigenvalue weighted by Crippen LogP contribution is 2.26. The predicted octanol–water partition coefficient (Wildman–Crippen LogP) is 4.82. The highest BCUT2D eigenvalue weighted by Gasteiger charge is 2.22. The van der Waals surface area contributed by atoms with Crippen LogP contribution in [0, 0.1) is 6.92 Å². The number of hydrogen-bond acceptors (Lipinski definition) is 5. The molecule has 4 aromatic rings. The normalized spacial score (nSPS) is 12.3. The molecule has 29 heavy (non-hydrogen) atoms. The standard InChI is InChI=1S/C23H19NO4S/c1-16-8-6-7-11-20(16)24-23-22(29(25,26)19-9-4-3-5-10-19)14-17-12-13-18(27-2)15-21(17)28-23/h3-15H,1-2H3. The second kappa shape index (κ2) is 7.56. The van der Waals surface area contributed by atoms with Crippen LogP contribution >= 0.6 is 0 Å². The van der Waals surface area contributed by atoms with Gasteiger partial charge < -0.3 is 9.15 Å². The van der Waals surface area contributed by atoms with Gasteiger partial charge >= 0.3 is 0 Å². The molecule has 146 valence electrons. The lowest BCUT2D eigenvalue weighted by molar-refractivity contribution is 0.413. The molecule has 0 spiro atoms. The van der Waals surface area contributed by atoms with Crippen molar-refractivity contribution in [2.75, 3.05) is 7.11 Å². The Hall–Kier alpha value is -3.38. The quantitative estimate of drug-likeness (QED) is 0.488. The average molecular weight is 405 g/mol. The average Bonchev–Trinajstić information content (AvgIpc) is 2.75. The molecular weight excluding hydrogens is 386 g/mol. The summed E-state index contributed by atoms with van der Waals surface area (Å²) >= 11 is 0. The summed E-state index contributed by atoms with van der Waals surface area (Å²) in [4.78, 5) is 4.75. The van der Waals surface area contributed by atoms with Crippen LogP contribution in [0.2, 0.25) is 0 Å². The minimum absolute atomic E-state index is 0.0182. The maximum Gasteiger partial charge on any atom is 0.239 e. The van der Waals surface area contributed by atoms with Crippen LogP contribution in [0.25, 0.3) is 11.0 Å². The third-order valence-corrected chi connectivity index (χ3v) is 6.37. The first-order chi connectivity index (χ1) is 14.0. The first-order valence-electron chi connectivity index (χ1n) is 9.01. The number of para-hydroxylation sites is 1. The van der Waals surface area contributed by atoms with Crippen molar-refractivity contribution in [1.82, 2.24) is 0 Å². The molecule has 0 unspecified atom stereocenters. The third-order valence-electron chi connectivity index (χ3n) is 4.61. The number of sulfone groups is 1. The lowest BCUT2D eigenvalue weighted by Gasteiger charge is -2.08. The number of fused-ring (bicyclic) bond motifs is 1. The van der Waals surface area contributed by atoms with E-state index in [-0.39, 0.29) is 15.3 Å². The summed E-state index contributed by atoms with van der Waals surface area (Å²) in [7, 11) is -2.26. The van der Waals surface area contributed by atoms with Crippen LogP contribution in [0.1, 0.15) is 5.56 Å². The molecule has 0 saturated carbocycles. The van der Waals surface area contributed by atoms with Crippen molar-refractivity contribution >= 4 is 26.5 Å². The van der Waals surface area contributed by atoms with Crippen LogP contribution in [0.4, 0.5) is 5.69 Å². The van der Waals surface area contributed by atoms with Gasteiger partial charge in [-0.3, -0.25) is 0 Å². The number of hydrogen-bond donors (Lipinski definition) is 0. The second-order valence-electron chi connectivity index (χ2n) is 6.53. The van der Waals surface area contributed by atoms with Gasteiger partial charge in [-0.05, 0) is 48.9 Å². The summed E-state index contributed by atoms with van der Waals surface area (Å²) < 4.78 is 37.9. The molecule has 0 atom stereocenters. The lowest BCUT2D eigenvalue weighted by Crippen LogP contribution is -2.15. The largest absolute Gasteiger partial charge is 0.497 e. The third kappa shape index (κ3) is 3.67. The van der Waals surface area contributed by atoms with E-state index in [0.29, 0.717) is 22.4 Å². The molecule has 0 aliphatic carbocycles. The van der Waals surface area contributed by atoms with Crippen LogP contribution < -0.4 is 10.3 Å². The van der Waals surface area contributed by atoms with E-state index >= 15 is 0 Å². The van der Waals surface area contributed by atoms with Gasteiger partial charge in [0.2, 0.25) is 15.4 Å². The van der Waals surface area contributed by atoms with Crippen molar-refractivity contribution in [2.45, 2.75) is 16.7 Å². The smallest absolute Gasteiger partial charge is 0.239 e. The Morgan fingerprint density at radius 1 is 0.897 bits per heavy atom. The monoisotopic (exact) mass is 405 g/mol. The van der Waals surface area contributed by atoms with Gasteiger partial charge in [0, 0.05) is 11.5 Å². The second-order valence-corrected chi connectivity index (χ2v) is 8.45. The van der Waals surface area contributed by atoms with Crippen LogP contribution in [-0.4, -0.2) is 15.5 Å². The molecule has 0 fully saturated rings. The number of rotatable bonds is 4. The molecule has 5 nitrogen and oxygen atoms in total. The molecule has 0 radical (unpaired) electrons. The van der Waals surface area contributed by atoms with Gasteiger partial charge in [-0.2, -0.15) is 0 Å². The molecule has 0 saturated heterocycles. The van der Waals surface area contributed by atoms with E-state index < -0.39 is 9.84 Å². The first kappa shape index (κ1) is 19.0. The van der Waals surface area contributed by atoms with Crippen LogP contribution in [0.15, 0.2) is 98.1 Å². The lowest BCUT2D eigenvalue weighted by atomic mass is 10.2. The summed E-state index contributed by atoms with van der Waals surface area (Å²) in [5, 5.41) is 0.643. The van der Waals surface area contributed by atoms with Crippen LogP contribution in [-0.2, 0) is 9.84 Å². The number of nitrogens with zero attached hydrogens (tertiary/aromatic N) is 1. The van der Waals surface area contributed by atoms with Crippen molar-refractivity contribution in [3.05, 3.63) is 90.0 Å². The van der Waals surface area contributed by atoms with Crippen molar-refractivity contribution < 1.29 is 17.6 Å². The zero-order valence-electron chi connectivity index (χ0n) is 16.0. The molecule has 0 N–H and O–H groups in total. The Bertz CT molecular complexity index is 1360. The van der Waals surface area contributed by atoms with E-state index in [0.717, 1.165) is 5.56 Å². The number of aryl methyl sites for hydroxylation is 1. The van der Waals surface area contributed by atoms with Crippen LogP contribution in [0.3, 0.4) is 0 Å². The predicted molar refractivity (Wildman–Crippen MR) is 111 cm³/mol. The Kier molecular flexibility index (Phi) is 4.94. The van der Waals surface area contributed by atoms with Gasteiger partial charge in [-0.25, -0.2) is 13.4 Å². The topological polar surface area (TPSA) is 68.9 Å². The molecule has 1 heterocycles. The maximum absolute atomic E-state index is 13.4. The fraction of sp³-hybridized carbons (Fsp3) is 0.0870. The molecule has 0 aliphatic heterocycles. The Labute approximate surface area is 168 Å². The molecule has 4 rings (SSSR count). The maximum atomic E-state index is 13.4. The highest BCUT2D eigenvalue weighted by atomic mass is 32.2. The molecule has 0 bridgehead atoms. The van der Waals surface area contributed by atoms with Gasteiger partial charge in [-0.15, -0.1) is 0 Å². The first-order valence-corrected chi connectivity index (χ1v) is 10.5. The molecular formula is C23H19NO4S. The fourth-order valence-corrected chi connectivity index (χ4v) is 4.37. The van der Waals surface area contributed by atoms with Gasteiger partial charge in [0.25, 0.3) is 0 Å². The summed E-state index contributed by atoms with van der Waals surface area (Å²) in [6.07, 6.45) is 0. The SMILES string of the molecule is COc1ccc2cc(S(=O)(=O)c3ccccc3)c(=Nc3ccccc3C)oc2c1. The Morgan fingerprint density at radius 3 is 2.34 bits per heavy atom. The van der Waals surface area contributed by atoms with Crippen molar-refractivity contribution in [3.63, 3.8) is 0 Å².